The van der Waals surface area contributed by atoms with E-state index in [1.54, 1.807) is 25.1 Å². The first-order chi connectivity index (χ1) is 24.0. The van der Waals surface area contributed by atoms with Gasteiger partial charge in [-0.1, -0.05) is 66.0 Å². The maximum absolute atomic E-state index is 14.5. The summed E-state index contributed by atoms with van der Waals surface area (Å²) in [5.74, 6) is -0.683. The molecule has 0 saturated heterocycles. The van der Waals surface area contributed by atoms with Crippen molar-refractivity contribution >= 4 is 29.4 Å². The van der Waals surface area contributed by atoms with Gasteiger partial charge in [-0.25, -0.2) is 14.5 Å². The fourth-order valence-corrected chi connectivity index (χ4v) is 7.34. The molecule has 50 heavy (non-hydrogen) atoms. The highest BCUT2D eigenvalue weighted by Crippen LogP contribution is 2.37. The van der Waals surface area contributed by atoms with Gasteiger partial charge in [-0.2, -0.15) is 5.10 Å². The van der Waals surface area contributed by atoms with Gasteiger partial charge >= 0.3 is 11.9 Å². The second-order valence-electron chi connectivity index (χ2n) is 12.0. The number of ether oxygens (including phenoxy) is 3. The number of aryl methyl sites for hydroxylation is 3. The number of carbonyl (C=O) groups excluding carboxylic acids is 2. The van der Waals surface area contributed by atoms with E-state index in [0.717, 1.165) is 39.2 Å². The average molecular weight is 689 g/mol. The Morgan fingerprint density at radius 3 is 2.38 bits per heavy atom. The van der Waals surface area contributed by atoms with Gasteiger partial charge in [0.25, 0.3) is 5.56 Å². The minimum Gasteiger partial charge on any atom is -0.493 e. The first-order valence-electron chi connectivity index (χ1n) is 15.9. The van der Waals surface area contributed by atoms with Gasteiger partial charge in [0.05, 0.1) is 34.6 Å². The third-order valence-corrected chi connectivity index (χ3v) is 9.28. The van der Waals surface area contributed by atoms with Crippen LogP contribution in [0.15, 0.2) is 101 Å². The lowest BCUT2D eigenvalue weighted by atomic mass is 9.95. The highest BCUT2D eigenvalue weighted by molar-refractivity contribution is 7.07. The van der Waals surface area contributed by atoms with Crippen molar-refractivity contribution in [2.45, 2.75) is 40.7 Å². The molecule has 0 aliphatic carbocycles. The van der Waals surface area contributed by atoms with Crippen LogP contribution in [-0.4, -0.2) is 40.0 Å². The zero-order valence-electron chi connectivity index (χ0n) is 28.6. The average Bonchev–Trinajstić information content (AvgIpc) is 3.62. The first-order valence-corrected chi connectivity index (χ1v) is 16.7. The number of methoxy groups -OCH3 is 1. The number of hydrogen-bond acceptors (Lipinski definition) is 9. The van der Waals surface area contributed by atoms with Crippen LogP contribution >= 0.6 is 11.3 Å². The summed E-state index contributed by atoms with van der Waals surface area (Å²) in [7, 11) is 1.45. The number of fused-ring (bicyclic) bond motifs is 1. The van der Waals surface area contributed by atoms with E-state index in [-0.39, 0.29) is 29.2 Å². The number of thiazole rings is 1. The van der Waals surface area contributed by atoms with Crippen molar-refractivity contribution in [3.05, 3.63) is 138 Å². The molecule has 1 unspecified atom stereocenters. The Hall–Kier alpha value is -5.81. The Morgan fingerprint density at radius 2 is 1.72 bits per heavy atom. The van der Waals surface area contributed by atoms with E-state index >= 15 is 0 Å². The van der Waals surface area contributed by atoms with Crippen LogP contribution in [-0.2, 0) is 14.3 Å². The summed E-state index contributed by atoms with van der Waals surface area (Å²) < 4.78 is 20.1. The third-order valence-electron chi connectivity index (χ3n) is 8.29. The molecule has 0 bridgehead atoms. The zero-order valence-corrected chi connectivity index (χ0v) is 29.5. The summed E-state index contributed by atoms with van der Waals surface area (Å²) >= 11 is 1.22. The van der Waals surface area contributed by atoms with Gasteiger partial charge in [-0.3, -0.25) is 14.2 Å². The van der Waals surface area contributed by atoms with Gasteiger partial charge in [0.1, 0.15) is 12.3 Å². The van der Waals surface area contributed by atoms with Crippen LogP contribution in [0.5, 0.6) is 11.5 Å². The van der Waals surface area contributed by atoms with Crippen LogP contribution < -0.4 is 24.4 Å². The Labute approximate surface area is 292 Å². The maximum atomic E-state index is 14.5. The number of esters is 2. The number of hydrogen-bond donors (Lipinski definition) is 0. The molecule has 1 aliphatic heterocycles. The van der Waals surface area contributed by atoms with Crippen molar-refractivity contribution in [2.75, 3.05) is 13.7 Å². The molecular formula is C39H36N4O6S. The number of para-hydroxylation sites is 1. The van der Waals surface area contributed by atoms with Crippen molar-refractivity contribution in [1.29, 1.82) is 0 Å². The molecular weight excluding hydrogens is 653 g/mol. The van der Waals surface area contributed by atoms with Gasteiger partial charge in [-0.15, -0.1) is 0 Å². The standard InChI is InChI=1S/C39H36N4O6S/c1-8-16-48-38(46)34-25(5)40-39-43(36(34)27-14-15-30(49-26(6)44)31(19-27)47-7)37(45)32(50-39)20-28-21-42(29-12-10-9-11-13-29)41-35(28)33-23(3)17-22(2)18-24(33)4/h8-15,17-21,36H,1,16H2,2-7H3. The maximum Gasteiger partial charge on any atom is 0.338 e. The summed E-state index contributed by atoms with van der Waals surface area (Å²) in [6.45, 7) is 12.8. The van der Waals surface area contributed by atoms with Gasteiger partial charge in [0, 0.05) is 24.2 Å². The molecule has 5 aromatic rings. The lowest BCUT2D eigenvalue weighted by Crippen LogP contribution is -2.40. The molecule has 11 heteroatoms. The predicted octanol–water partition coefficient (Wildman–Crippen LogP) is 5.68. The highest BCUT2D eigenvalue weighted by Gasteiger charge is 2.34. The normalized spacial score (nSPS) is 14.2. The zero-order chi connectivity index (χ0) is 35.7. The van der Waals surface area contributed by atoms with Crippen LogP contribution in [0.4, 0.5) is 0 Å². The second-order valence-corrected chi connectivity index (χ2v) is 13.0. The molecule has 10 nitrogen and oxygen atoms in total. The van der Waals surface area contributed by atoms with E-state index in [2.05, 4.69) is 39.5 Å². The fourth-order valence-electron chi connectivity index (χ4n) is 6.30. The van der Waals surface area contributed by atoms with Gasteiger partial charge in [-0.05, 0) is 74.7 Å². The van der Waals surface area contributed by atoms with Crippen molar-refractivity contribution in [3.63, 3.8) is 0 Å². The summed E-state index contributed by atoms with van der Waals surface area (Å²) in [5, 5.41) is 5.03. The molecule has 0 N–H and O–H groups in total. The van der Waals surface area contributed by atoms with Gasteiger partial charge < -0.3 is 14.2 Å². The van der Waals surface area contributed by atoms with Gasteiger partial charge in [0.2, 0.25) is 0 Å². The molecule has 3 aromatic carbocycles. The van der Waals surface area contributed by atoms with Crippen molar-refractivity contribution in [2.24, 2.45) is 4.99 Å². The SMILES string of the molecule is C=CCOC(=O)C1=C(C)N=c2sc(=Cc3cn(-c4ccccc4)nc3-c3c(C)cc(C)cc3C)c(=O)n2C1c1ccc(OC(C)=O)c(OC)c1. The second kappa shape index (κ2) is 14.0. The van der Waals surface area contributed by atoms with Crippen LogP contribution in [0.1, 0.15) is 47.7 Å². The van der Waals surface area contributed by atoms with E-state index in [4.69, 9.17) is 24.3 Å². The number of nitrogens with zero attached hydrogens (tertiary/aromatic N) is 4. The molecule has 0 saturated carbocycles. The molecule has 1 aliphatic rings. The third kappa shape index (κ3) is 6.47. The topological polar surface area (TPSA) is 114 Å². The van der Waals surface area contributed by atoms with Crippen LogP contribution in [0.2, 0.25) is 0 Å². The summed E-state index contributed by atoms with van der Waals surface area (Å²) in [5.41, 5.74) is 7.43. The summed E-state index contributed by atoms with van der Waals surface area (Å²) in [6, 6.07) is 18.0. The predicted molar refractivity (Wildman–Crippen MR) is 192 cm³/mol. The highest BCUT2D eigenvalue weighted by atomic mass is 32.1. The fraction of sp³-hybridized carbons (Fsp3) is 0.205. The first kappa shape index (κ1) is 34.1. The van der Waals surface area contributed by atoms with Gasteiger partial charge in [0.15, 0.2) is 16.3 Å². The Morgan fingerprint density at radius 1 is 1.00 bits per heavy atom. The van der Waals surface area contributed by atoms with Crippen molar-refractivity contribution < 1.29 is 23.8 Å². The lowest BCUT2D eigenvalue weighted by Gasteiger charge is -2.25. The number of rotatable bonds is 9. The smallest absolute Gasteiger partial charge is 0.338 e. The quantitative estimate of drug-likeness (QED) is 0.111. The van der Waals surface area contributed by atoms with E-state index in [9.17, 15) is 14.4 Å². The lowest BCUT2D eigenvalue weighted by molar-refractivity contribution is -0.138. The molecule has 3 heterocycles. The molecule has 0 amide bonds. The molecule has 2 aromatic heterocycles. The number of carbonyl (C=O) groups is 2. The Bertz CT molecular complexity index is 2360. The Kier molecular flexibility index (Phi) is 9.52. The molecule has 6 rings (SSSR count). The van der Waals surface area contributed by atoms with E-state index in [1.807, 2.05) is 47.3 Å². The molecule has 1 atom stereocenters. The van der Waals surface area contributed by atoms with Crippen LogP contribution in [0.25, 0.3) is 23.0 Å². The number of allylic oxidation sites excluding steroid dienone is 1. The molecule has 254 valence electrons. The van der Waals surface area contributed by atoms with Crippen LogP contribution in [0, 0.1) is 20.8 Å². The van der Waals surface area contributed by atoms with E-state index < -0.39 is 18.0 Å². The monoisotopic (exact) mass is 688 g/mol. The summed E-state index contributed by atoms with van der Waals surface area (Å²) in [6.07, 6.45) is 5.22. The molecule has 0 radical (unpaired) electrons. The van der Waals surface area contributed by atoms with E-state index in [1.165, 1.54) is 36.0 Å². The molecule has 0 fully saturated rings. The van der Waals surface area contributed by atoms with Crippen molar-refractivity contribution in [3.8, 4) is 28.4 Å². The van der Waals surface area contributed by atoms with Crippen molar-refractivity contribution in [1.82, 2.24) is 14.3 Å². The largest absolute Gasteiger partial charge is 0.493 e. The molecule has 0 spiro atoms. The Balaban J connectivity index is 1.58. The minimum atomic E-state index is -0.918. The number of aromatic nitrogens is 3. The van der Waals surface area contributed by atoms with Crippen LogP contribution in [0.3, 0.4) is 0 Å². The summed E-state index contributed by atoms with van der Waals surface area (Å²) in [4.78, 5) is 44.9. The van der Waals surface area contributed by atoms with E-state index in [0.29, 0.717) is 20.6 Å². The minimum absolute atomic E-state index is 0.0203. The number of benzene rings is 3.